The summed E-state index contributed by atoms with van der Waals surface area (Å²) in [7, 11) is 0. The van der Waals surface area contributed by atoms with Gasteiger partial charge in [0, 0.05) is 45.2 Å². The van der Waals surface area contributed by atoms with Crippen LogP contribution >= 0.6 is 0 Å². The SMILES string of the molecule is CCC(C)NC(=O)CN1CCN(C(=O)CCNC(=O)Cc2ccccc2)CC1. The highest BCUT2D eigenvalue weighted by molar-refractivity contribution is 5.80. The van der Waals surface area contributed by atoms with Crippen LogP contribution in [0.3, 0.4) is 0 Å². The van der Waals surface area contributed by atoms with Crippen molar-refractivity contribution in [1.29, 1.82) is 0 Å². The number of hydrogen-bond donors (Lipinski definition) is 2. The van der Waals surface area contributed by atoms with Crippen molar-refractivity contribution in [2.75, 3.05) is 39.3 Å². The Bertz CT molecular complexity index is 642. The molecule has 2 N–H and O–H groups in total. The van der Waals surface area contributed by atoms with Crippen molar-refractivity contribution in [2.45, 2.75) is 39.2 Å². The largest absolute Gasteiger partial charge is 0.355 e. The lowest BCUT2D eigenvalue weighted by atomic mass is 10.1. The minimum Gasteiger partial charge on any atom is -0.355 e. The van der Waals surface area contributed by atoms with Crippen molar-refractivity contribution in [3.8, 4) is 0 Å². The fraction of sp³-hybridized carbons (Fsp3) is 0.571. The van der Waals surface area contributed by atoms with E-state index < -0.39 is 0 Å². The molecule has 7 nitrogen and oxygen atoms in total. The second-order valence-corrected chi connectivity index (χ2v) is 7.30. The lowest BCUT2D eigenvalue weighted by Crippen LogP contribution is -2.52. The van der Waals surface area contributed by atoms with Crippen LogP contribution in [-0.4, -0.2) is 72.8 Å². The lowest BCUT2D eigenvalue weighted by molar-refractivity contribution is -0.133. The van der Waals surface area contributed by atoms with E-state index in [0.717, 1.165) is 12.0 Å². The highest BCUT2D eigenvalue weighted by atomic mass is 16.2. The molecule has 0 aliphatic carbocycles. The zero-order chi connectivity index (χ0) is 20.4. The molecule has 0 radical (unpaired) electrons. The summed E-state index contributed by atoms with van der Waals surface area (Å²) in [6.45, 7) is 7.39. The summed E-state index contributed by atoms with van der Waals surface area (Å²) in [5.74, 6) is 0.00936. The maximum Gasteiger partial charge on any atom is 0.234 e. The Kier molecular flexibility index (Phi) is 8.94. The molecule has 28 heavy (non-hydrogen) atoms. The third-order valence-electron chi connectivity index (χ3n) is 4.98. The van der Waals surface area contributed by atoms with Crippen molar-refractivity contribution in [2.24, 2.45) is 0 Å². The van der Waals surface area contributed by atoms with Crippen LogP contribution in [0, 0.1) is 0 Å². The van der Waals surface area contributed by atoms with Gasteiger partial charge < -0.3 is 15.5 Å². The minimum absolute atomic E-state index is 0.0373. The van der Waals surface area contributed by atoms with E-state index in [-0.39, 0.29) is 23.8 Å². The van der Waals surface area contributed by atoms with Crippen molar-refractivity contribution in [1.82, 2.24) is 20.4 Å². The Balaban J connectivity index is 1.61. The van der Waals surface area contributed by atoms with Crippen molar-refractivity contribution >= 4 is 17.7 Å². The Hall–Kier alpha value is -2.41. The molecule has 1 unspecified atom stereocenters. The molecule has 0 aromatic heterocycles. The molecule has 1 aromatic rings. The predicted octanol–water partition coefficient (Wildman–Crippen LogP) is 0.794. The van der Waals surface area contributed by atoms with Crippen LogP contribution in [0.25, 0.3) is 0 Å². The van der Waals surface area contributed by atoms with Crippen LogP contribution in [0.15, 0.2) is 30.3 Å². The maximum absolute atomic E-state index is 12.3. The monoisotopic (exact) mass is 388 g/mol. The second-order valence-electron chi connectivity index (χ2n) is 7.30. The van der Waals surface area contributed by atoms with E-state index in [0.29, 0.717) is 52.1 Å². The van der Waals surface area contributed by atoms with E-state index >= 15 is 0 Å². The van der Waals surface area contributed by atoms with Gasteiger partial charge in [-0.3, -0.25) is 19.3 Å². The van der Waals surface area contributed by atoms with E-state index in [2.05, 4.69) is 15.5 Å². The summed E-state index contributed by atoms with van der Waals surface area (Å²) in [4.78, 5) is 40.1. The summed E-state index contributed by atoms with van der Waals surface area (Å²) < 4.78 is 0. The lowest BCUT2D eigenvalue weighted by Gasteiger charge is -2.34. The number of nitrogens with zero attached hydrogens (tertiary/aromatic N) is 2. The van der Waals surface area contributed by atoms with Crippen LogP contribution in [0.2, 0.25) is 0 Å². The molecule has 0 saturated carbocycles. The van der Waals surface area contributed by atoms with E-state index in [9.17, 15) is 14.4 Å². The topological polar surface area (TPSA) is 81.8 Å². The highest BCUT2D eigenvalue weighted by Gasteiger charge is 2.22. The Morgan fingerprint density at radius 3 is 2.36 bits per heavy atom. The average Bonchev–Trinajstić information content (AvgIpc) is 2.69. The van der Waals surface area contributed by atoms with E-state index in [1.807, 2.05) is 49.1 Å². The molecule has 0 bridgehead atoms. The van der Waals surface area contributed by atoms with Crippen LogP contribution in [0.1, 0.15) is 32.3 Å². The normalized spacial score (nSPS) is 15.7. The van der Waals surface area contributed by atoms with Crippen LogP contribution < -0.4 is 10.6 Å². The van der Waals surface area contributed by atoms with Gasteiger partial charge in [-0.2, -0.15) is 0 Å². The molecule has 1 aliphatic heterocycles. The zero-order valence-electron chi connectivity index (χ0n) is 16.9. The van der Waals surface area contributed by atoms with E-state index in [4.69, 9.17) is 0 Å². The zero-order valence-corrected chi connectivity index (χ0v) is 16.9. The van der Waals surface area contributed by atoms with Gasteiger partial charge in [0.25, 0.3) is 0 Å². The molecule has 1 fully saturated rings. The Morgan fingerprint density at radius 1 is 1.04 bits per heavy atom. The molecule has 1 aromatic carbocycles. The molecule has 2 rings (SSSR count). The molecule has 3 amide bonds. The van der Waals surface area contributed by atoms with Gasteiger partial charge in [-0.05, 0) is 18.9 Å². The van der Waals surface area contributed by atoms with Gasteiger partial charge >= 0.3 is 0 Å². The number of carbonyl (C=O) groups is 3. The molecule has 1 heterocycles. The first kappa shape index (κ1) is 21.9. The first-order chi connectivity index (χ1) is 13.5. The van der Waals surface area contributed by atoms with Crippen molar-refractivity contribution in [3.05, 3.63) is 35.9 Å². The van der Waals surface area contributed by atoms with E-state index in [1.165, 1.54) is 0 Å². The van der Waals surface area contributed by atoms with Crippen molar-refractivity contribution in [3.63, 3.8) is 0 Å². The number of carbonyl (C=O) groups excluding carboxylic acids is 3. The van der Waals surface area contributed by atoms with Crippen LogP contribution in [-0.2, 0) is 20.8 Å². The Morgan fingerprint density at radius 2 is 1.71 bits per heavy atom. The fourth-order valence-electron chi connectivity index (χ4n) is 3.09. The molecule has 7 heteroatoms. The quantitative estimate of drug-likeness (QED) is 0.656. The average molecular weight is 389 g/mol. The smallest absolute Gasteiger partial charge is 0.234 e. The second kappa shape index (κ2) is 11.4. The first-order valence-electron chi connectivity index (χ1n) is 10.1. The summed E-state index contributed by atoms with van der Waals surface area (Å²) in [5, 5.41) is 5.78. The summed E-state index contributed by atoms with van der Waals surface area (Å²) in [6, 6.07) is 9.73. The number of amides is 3. The molecular formula is C21H32N4O3. The predicted molar refractivity (Wildman–Crippen MR) is 109 cm³/mol. The van der Waals surface area contributed by atoms with Gasteiger partial charge in [0.1, 0.15) is 0 Å². The van der Waals surface area contributed by atoms with Crippen LogP contribution in [0.4, 0.5) is 0 Å². The molecule has 1 atom stereocenters. The molecule has 0 spiro atoms. The van der Waals surface area contributed by atoms with Gasteiger partial charge in [-0.25, -0.2) is 0 Å². The first-order valence-corrected chi connectivity index (χ1v) is 10.1. The highest BCUT2D eigenvalue weighted by Crippen LogP contribution is 2.04. The summed E-state index contributed by atoms with van der Waals surface area (Å²) in [6.07, 6.45) is 1.54. The molecule has 1 aliphatic rings. The minimum atomic E-state index is -0.0730. The van der Waals surface area contributed by atoms with Gasteiger partial charge in [-0.15, -0.1) is 0 Å². The molecule has 1 saturated heterocycles. The number of piperazine rings is 1. The third-order valence-corrected chi connectivity index (χ3v) is 4.98. The number of rotatable bonds is 9. The number of hydrogen-bond acceptors (Lipinski definition) is 4. The van der Waals surface area contributed by atoms with Crippen molar-refractivity contribution < 1.29 is 14.4 Å². The number of benzene rings is 1. The summed E-state index contributed by atoms with van der Waals surface area (Å²) >= 11 is 0. The summed E-state index contributed by atoms with van der Waals surface area (Å²) in [5.41, 5.74) is 0.958. The maximum atomic E-state index is 12.3. The molecule has 154 valence electrons. The van der Waals surface area contributed by atoms with Gasteiger partial charge in [0.05, 0.1) is 13.0 Å². The third kappa shape index (κ3) is 7.68. The number of nitrogens with one attached hydrogen (secondary N) is 2. The van der Waals surface area contributed by atoms with Gasteiger partial charge in [-0.1, -0.05) is 37.3 Å². The van der Waals surface area contributed by atoms with Gasteiger partial charge in [0.15, 0.2) is 0 Å². The fourth-order valence-corrected chi connectivity index (χ4v) is 3.09. The van der Waals surface area contributed by atoms with E-state index in [1.54, 1.807) is 0 Å². The van der Waals surface area contributed by atoms with Crippen LogP contribution in [0.5, 0.6) is 0 Å². The molecular weight excluding hydrogens is 356 g/mol. The standard InChI is InChI=1S/C21H32N4O3/c1-3-17(2)23-20(27)16-24-11-13-25(14-12-24)21(28)9-10-22-19(26)15-18-7-5-4-6-8-18/h4-8,17H,3,9-16H2,1-2H3,(H,22,26)(H,23,27). The van der Waals surface area contributed by atoms with Gasteiger partial charge in [0.2, 0.25) is 17.7 Å². The Labute approximate surface area is 167 Å².